The number of nitrogens with one attached hydrogen (secondary N) is 1. The molecule has 0 aliphatic heterocycles. The number of pyridine rings is 1. The van der Waals surface area contributed by atoms with E-state index in [1.807, 2.05) is 0 Å². The summed E-state index contributed by atoms with van der Waals surface area (Å²) in [4.78, 5) is 27.9. The number of halogens is 7. The van der Waals surface area contributed by atoms with Crippen molar-refractivity contribution in [2.75, 3.05) is 12.4 Å². The average molecular weight is 518 g/mol. The maximum absolute atomic E-state index is 14.9. The lowest BCUT2D eigenvalue weighted by Gasteiger charge is -2.16. The van der Waals surface area contributed by atoms with Gasteiger partial charge < -0.3 is 19.5 Å². The van der Waals surface area contributed by atoms with E-state index >= 15 is 0 Å². The highest BCUT2D eigenvalue weighted by Crippen LogP contribution is 2.38. The van der Waals surface area contributed by atoms with E-state index in [2.05, 4.69) is 19.8 Å². The first kappa shape index (κ1) is 26.2. The van der Waals surface area contributed by atoms with Crippen LogP contribution in [0.2, 0.25) is 0 Å². The molecule has 1 N–H and O–H groups in total. The van der Waals surface area contributed by atoms with Gasteiger partial charge in [0.25, 0.3) is 5.91 Å². The van der Waals surface area contributed by atoms with Crippen molar-refractivity contribution < 1.29 is 54.5 Å². The van der Waals surface area contributed by atoms with Gasteiger partial charge in [0, 0.05) is 0 Å². The molecule has 0 spiro atoms. The molecule has 1 aromatic heterocycles. The first-order chi connectivity index (χ1) is 16.8. The Morgan fingerprint density at radius 3 is 2.06 bits per heavy atom. The molecule has 1 heterocycles. The average Bonchev–Trinajstić information content (AvgIpc) is 2.78. The van der Waals surface area contributed by atoms with E-state index in [0.29, 0.717) is 12.1 Å². The molecule has 0 fully saturated rings. The van der Waals surface area contributed by atoms with Gasteiger partial charge in [-0.3, -0.25) is 4.79 Å². The lowest BCUT2D eigenvalue weighted by Crippen LogP contribution is -2.19. The van der Waals surface area contributed by atoms with Crippen LogP contribution in [-0.2, 0) is 10.9 Å². The van der Waals surface area contributed by atoms with Gasteiger partial charge >= 0.3 is 18.5 Å². The van der Waals surface area contributed by atoms with E-state index in [-0.39, 0.29) is 17.1 Å². The molecular formula is C22H13F7N2O5. The third-order valence-corrected chi connectivity index (χ3v) is 4.34. The summed E-state index contributed by atoms with van der Waals surface area (Å²) in [7, 11) is 1.11. The van der Waals surface area contributed by atoms with Crippen molar-refractivity contribution in [3.05, 3.63) is 77.4 Å². The van der Waals surface area contributed by atoms with Crippen LogP contribution in [0.15, 0.2) is 54.7 Å². The maximum atomic E-state index is 14.9. The Bertz CT molecular complexity index is 1260. The predicted octanol–water partition coefficient (Wildman–Crippen LogP) is 5.97. The molecule has 0 bridgehead atoms. The zero-order valence-electron chi connectivity index (χ0n) is 17.8. The summed E-state index contributed by atoms with van der Waals surface area (Å²) in [6, 6.07) is 6.96. The first-order valence-electron chi connectivity index (χ1n) is 9.57. The zero-order valence-corrected chi connectivity index (χ0v) is 17.8. The smallest absolute Gasteiger partial charge is 0.464 e. The predicted molar refractivity (Wildman–Crippen MR) is 108 cm³/mol. The van der Waals surface area contributed by atoms with E-state index < -0.39 is 52.9 Å². The van der Waals surface area contributed by atoms with Crippen LogP contribution in [0.25, 0.3) is 0 Å². The Morgan fingerprint density at radius 2 is 1.53 bits per heavy atom. The fourth-order valence-electron chi connectivity index (χ4n) is 2.80. The van der Waals surface area contributed by atoms with Gasteiger partial charge in [-0.1, -0.05) is 0 Å². The van der Waals surface area contributed by atoms with Gasteiger partial charge in [-0.2, -0.15) is 13.2 Å². The number of benzene rings is 2. The number of carbonyl (C=O) groups is 2. The Labute approximate surface area is 197 Å². The Hall–Kier alpha value is -4.36. The van der Waals surface area contributed by atoms with Crippen molar-refractivity contribution in [2.45, 2.75) is 12.5 Å². The standard InChI is InChI=1S/C22H13F7N2O5/c1-34-20(33)15-8-2-11(10-30-15)31-19(32)17-16(9-7-14(18(17)23)21(24,25)26)35-12-3-5-13(6-4-12)36-22(27,28)29/h2-10H,1H3,(H,31,32). The molecule has 3 rings (SSSR count). The van der Waals surface area contributed by atoms with Crippen molar-refractivity contribution in [2.24, 2.45) is 0 Å². The second-order valence-electron chi connectivity index (χ2n) is 6.80. The molecule has 14 heteroatoms. The number of nitrogens with zero attached hydrogens (tertiary/aromatic N) is 1. The second kappa shape index (κ2) is 10.1. The first-order valence-corrected chi connectivity index (χ1v) is 9.57. The molecule has 7 nitrogen and oxygen atoms in total. The van der Waals surface area contributed by atoms with Gasteiger partial charge in [0.15, 0.2) is 5.82 Å². The van der Waals surface area contributed by atoms with Crippen molar-refractivity contribution in [1.29, 1.82) is 0 Å². The number of ether oxygens (including phenoxy) is 3. The molecule has 0 unspecified atom stereocenters. The fourth-order valence-corrected chi connectivity index (χ4v) is 2.80. The highest BCUT2D eigenvalue weighted by atomic mass is 19.4. The topological polar surface area (TPSA) is 86.8 Å². The lowest BCUT2D eigenvalue weighted by molar-refractivity contribution is -0.274. The molecule has 0 radical (unpaired) electrons. The Morgan fingerprint density at radius 1 is 0.889 bits per heavy atom. The Kier molecular flexibility index (Phi) is 7.36. The molecule has 0 atom stereocenters. The summed E-state index contributed by atoms with van der Waals surface area (Å²) in [5.41, 5.74) is -3.14. The van der Waals surface area contributed by atoms with E-state index in [9.17, 15) is 40.3 Å². The number of hydrogen-bond donors (Lipinski definition) is 1. The third-order valence-electron chi connectivity index (χ3n) is 4.34. The van der Waals surface area contributed by atoms with Crippen LogP contribution in [0, 0.1) is 5.82 Å². The zero-order chi connectivity index (χ0) is 26.7. The number of rotatable bonds is 6. The highest BCUT2D eigenvalue weighted by Gasteiger charge is 2.37. The number of anilines is 1. The molecule has 2 aromatic carbocycles. The molecule has 0 aliphatic rings. The normalized spacial score (nSPS) is 11.6. The molecule has 0 aliphatic carbocycles. The molecule has 36 heavy (non-hydrogen) atoms. The van der Waals surface area contributed by atoms with Crippen molar-refractivity contribution in [3.8, 4) is 17.2 Å². The number of esters is 1. The summed E-state index contributed by atoms with van der Waals surface area (Å²) >= 11 is 0. The number of aromatic nitrogens is 1. The molecule has 190 valence electrons. The van der Waals surface area contributed by atoms with Crippen molar-refractivity contribution in [3.63, 3.8) is 0 Å². The van der Waals surface area contributed by atoms with Crippen LogP contribution in [0.5, 0.6) is 17.2 Å². The minimum atomic E-state index is -5.15. The SMILES string of the molecule is COC(=O)c1ccc(NC(=O)c2c(Oc3ccc(OC(F)(F)F)cc3)ccc(C(F)(F)F)c2F)cn1. The van der Waals surface area contributed by atoms with Crippen LogP contribution >= 0.6 is 0 Å². The van der Waals surface area contributed by atoms with Gasteiger partial charge in [0.05, 0.1) is 24.6 Å². The summed E-state index contributed by atoms with van der Waals surface area (Å²) < 4.78 is 105. The van der Waals surface area contributed by atoms with E-state index in [0.717, 1.165) is 43.6 Å². The second-order valence-corrected chi connectivity index (χ2v) is 6.80. The highest BCUT2D eigenvalue weighted by molar-refractivity contribution is 6.06. The maximum Gasteiger partial charge on any atom is 0.573 e. The largest absolute Gasteiger partial charge is 0.573 e. The van der Waals surface area contributed by atoms with Crippen LogP contribution in [0.1, 0.15) is 26.4 Å². The lowest BCUT2D eigenvalue weighted by atomic mass is 10.1. The van der Waals surface area contributed by atoms with Gasteiger partial charge in [-0.25, -0.2) is 14.2 Å². The summed E-state index contributed by atoms with van der Waals surface area (Å²) in [6.45, 7) is 0. The van der Waals surface area contributed by atoms with Crippen LogP contribution < -0.4 is 14.8 Å². The van der Waals surface area contributed by atoms with Gasteiger partial charge in [0.2, 0.25) is 0 Å². The third kappa shape index (κ3) is 6.40. The number of alkyl halides is 6. The number of methoxy groups -OCH3 is 1. The number of carbonyl (C=O) groups excluding carboxylic acids is 2. The molecule has 0 saturated carbocycles. The van der Waals surface area contributed by atoms with Crippen LogP contribution in [0.4, 0.5) is 36.4 Å². The number of hydrogen-bond acceptors (Lipinski definition) is 6. The van der Waals surface area contributed by atoms with Gasteiger partial charge in [-0.15, -0.1) is 13.2 Å². The quantitative estimate of drug-likeness (QED) is 0.320. The van der Waals surface area contributed by atoms with E-state index in [1.165, 1.54) is 6.07 Å². The van der Waals surface area contributed by atoms with Crippen LogP contribution in [0.3, 0.4) is 0 Å². The molecule has 0 saturated heterocycles. The molecular weight excluding hydrogens is 505 g/mol. The molecule has 1 amide bonds. The minimum absolute atomic E-state index is 0.107. The van der Waals surface area contributed by atoms with E-state index in [1.54, 1.807) is 0 Å². The minimum Gasteiger partial charge on any atom is -0.464 e. The van der Waals surface area contributed by atoms with Crippen molar-refractivity contribution >= 4 is 17.6 Å². The number of amides is 1. The summed E-state index contributed by atoms with van der Waals surface area (Å²) in [5, 5.41) is 2.14. The van der Waals surface area contributed by atoms with Gasteiger partial charge in [-0.05, 0) is 48.5 Å². The fraction of sp³-hybridized carbons (Fsp3) is 0.136. The molecule has 3 aromatic rings. The van der Waals surface area contributed by atoms with Gasteiger partial charge in [0.1, 0.15) is 28.5 Å². The Balaban J connectivity index is 1.94. The summed E-state index contributed by atoms with van der Waals surface area (Å²) in [6.07, 6.45) is -9.14. The monoisotopic (exact) mass is 518 g/mol. The van der Waals surface area contributed by atoms with E-state index in [4.69, 9.17) is 4.74 Å². The summed E-state index contributed by atoms with van der Waals surface area (Å²) in [5.74, 6) is -5.62. The van der Waals surface area contributed by atoms with Crippen LogP contribution in [-0.4, -0.2) is 30.3 Å². The van der Waals surface area contributed by atoms with Crippen molar-refractivity contribution in [1.82, 2.24) is 4.98 Å².